The first-order valence-electron chi connectivity index (χ1n) is 5.84. The lowest BCUT2D eigenvalue weighted by Crippen LogP contribution is -2.30. The van der Waals surface area contributed by atoms with E-state index < -0.39 is 17.8 Å². The minimum Gasteiger partial charge on any atom is -0.270 e. The largest absolute Gasteiger partial charge is 0.416 e. The molecule has 0 radical (unpaired) electrons. The lowest BCUT2D eigenvalue weighted by atomic mass is 9.98. The predicted octanol–water partition coefficient (Wildman–Crippen LogP) is 2.36. The zero-order valence-corrected chi connectivity index (χ0v) is 10.6. The van der Waals surface area contributed by atoms with E-state index >= 15 is 0 Å². The van der Waals surface area contributed by atoms with Crippen LogP contribution in [-0.2, 0) is 6.18 Å². The van der Waals surface area contributed by atoms with Crippen LogP contribution < -0.4 is 11.3 Å². The standard InChI is InChI=1S/C13H13F3N4/c1-8-7-9(13(14,15)16)3-4-10(8)11(20-17)12-18-5-2-6-19-12/h2-7,11,20H,17H2,1H3. The normalized spacial score (nSPS) is 13.2. The van der Waals surface area contributed by atoms with E-state index in [0.717, 1.165) is 12.1 Å². The highest BCUT2D eigenvalue weighted by molar-refractivity contribution is 5.37. The number of aromatic nitrogens is 2. The van der Waals surface area contributed by atoms with Crippen LogP contribution in [0.1, 0.15) is 28.6 Å². The molecule has 2 aromatic rings. The summed E-state index contributed by atoms with van der Waals surface area (Å²) in [5.74, 6) is 5.88. The summed E-state index contributed by atoms with van der Waals surface area (Å²) in [6.07, 6.45) is -1.27. The number of alkyl halides is 3. The first kappa shape index (κ1) is 14.4. The molecule has 1 atom stereocenters. The summed E-state index contributed by atoms with van der Waals surface area (Å²) in [4.78, 5) is 8.13. The van der Waals surface area contributed by atoms with E-state index in [1.807, 2.05) is 0 Å². The summed E-state index contributed by atoms with van der Waals surface area (Å²) in [6, 6.07) is 4.59. The van der Waals surface area contributed by atoms with Crippen molar-refractivity contribution in [3.05, 3.63) is 59.2 Å². The zero-order chi connectivity index (χ0) is 14.8. The van der Waals surface area contributed by atoms with E-state index in [1.54, 1.807) is 25.4 Å². The van der Waals surface area contributed by atoms with Crippen LogP contribution in [0, 0.1) is 6.92 Å². The molecule has 2 rings (SSSR count). The summed E-state index contributed by atoms with van der Waals surface area (Å²) in [5, 5.41) is 0. The summed E-state index contributed by atoms with van der Waals surface area (Å²) in [6.45, 7) is 1.60. The van der Waals surface area contributed by atoms with Crippen molar-refractivity contribution >= 4 is 0 Å². The highest BCUT2D eigenvalue weighted by Crippen LogP contribution is 2.32. The maximum absolute atomic E-state index is 12.6. The first-order valence-corrected chi connectivity index (χ1v) is 5.84. The van der Waals surface area contributed by atoms with Crippen molar-refractivity contribution in [1.29, 1.82) is 0 Å². The monoisotopic (exact) mass is 282 g/mol. The Hall–Kier alpha value is -1.99. The van der Waals surface area contributed by atoms with Gasteiger partial charge in [0, 0.05) is 12.4 Å². The van der Waals surface area contributed by atoms with Crippen molar-refractivity contribution < 1.29 is 13.2 Å². The van der Waals surface area contributed by atoms with Gasteiger partial charge in [0.05, 0.1) is 5.56 Å². The van der Waals surface area contributed by atoms with Gasteiger partial charge in [0.25, 0.3) is 0 Å². The van der Waals surface area contributed by atoms with Crippen molar-refractivity contribution in [3.63, 3.8) is 0 Å². The van der Waals surface area contributed by atoms with E-state index in [-0.39, 0.29) is 0 Å². The third-order valence-corrected chi connectivity index (χ3v) is 2.92. The summed E-state index contributed by atoms with van der Waals surface area (Å²) >= 11 is 0. The minimum absolute atomic E-state index is 0.401. The Morgan fingerprint density at radius 3 is 2.35 bits per heavy atom. The molecule has 106 valence electrons. The SMILES string of the molecule is Cc1cc(C(F)(F)F)ccc1C(NN)c1ncccn1. The molecule has 0 spiro atoms. The molecule has 0 saturated carbocycles. The van der Waals surface area contributed by atoms with Crippen LogP contribution in [0.5, 0.6) is 0 Å². The second-order valence-electron chi connectivity index (χ2n) is 4.28. The molecular formula is C13H13F3N4. The van der Waals surface area contributed by atoms with Crippen LogP contribution in [0.25, 0.3) is 0 Å². The van der Waals surface area contributed by atoms with Gasteiger partial charge in [-0.15, -0.1) is 0 Å². The van der Waals surface area contributed by atoms with Gasteiger partial charge in [0.2, 0.25) is 0 Å². The average molecular weight is 282 g/mol. The fourth-order valence-corrected chi connectivity index (χ4v) is 1.94. The van der Waals surface area contributed by atoms with Gasteiger partial charge in [-0.05, 0) is 36.2 Å². The van der Waals surface area contributed by atoms with Crippen molar-refractivity contribution in [2.24, 2.45) is 5.84 Å². The zero-order valence-electron chi connectivity index (χ0n) is 10.6. The molecule has 1 unspecified atom stereocenters. The number of rotatable bonds is 3. The Labute approximate surface area is 113 Å². The number of benzene rings is 1. The molecular weight excluding hydrogens is 269 g/mol. The molecule has 1 aromatic carbocycles. The van der Waals surface area contributed by atoms with Gasteiger partial charge in [0.15, 0.2) is 5.82 Å². The second kappa shape index (κ2) is 5.56. The van der Waals surface area contributed by atoms with Gasteiger partial charge in [-0.25, -0.2) is 15.4 Å². The van der Waals surface area contributed by atoms with Crippen LogP contribution in [0.2, 0.25) is 0 Å². The summed E-state index contributed by atoms with van der Waals surface area (Å²) in [5.41, 5.74) is 2.91. The third-order valence-electron chi connectivity index (χ3n) is 2.92. The molecule has 0 aliphatic heterocycles. The van der Waals surface area contributed by atoms with Crippen molar-refractivity contribution in [2.45, 2.75) is 19.1 Å². The van der Waals surface area contributed by atoms with Crippen LogP contribution in [-0.4, -0.2) is 9.97 Å². The van der Waals surface area contributed by atoms with Crippen LogP contribution >= 0.6 is 0 Å². The van der Waals surface area contributed by atoms with Crippen LogP contribution in [0.4, 0.5) is 13.2 Å². The highest BCUT2D eigenvalue weighted by atomic mass is 19.4. The van der Waals surface area contributed by atoms with Gasteiger partial charge in [-0.1, -0.05) is 6.07 Å². The Bertz CT molecular complexity index is 584. The molecule has 7 heteroatoms. The number of halogens is 3. The lowest BCUT2D eigenvalue weighted by Gasteiger charge is -2.18. The molecule has 1 heterocycles. The van der Waals surface area contributed by atoms with E-state index in [2.05, 4.69) is 15.4 Å². The van der Waals surface area contributed by atoms with Crippen molar-refractivity contribution in [2.75, 3.05) is 0 Å². The summed E-state index contributed by atoms with van der Waals surface area (Å²) < 4.78 is 37.9. The number of nitrogens with one attached hydrogen (secondary N) is 1. The van der Waals surface area contributed by atoms with Crippen molar-refractivity contribution in [1.82, 2.24) is 15.4 Å². The summed E-state index contributed by atoms with van der Waals surface area (Å²) in [7, 11) is 0. The highest BCUT2D eigenvalue weighted by Gasteiger charge is 2.31. The second-order valence-corrected chi connectivity index (χ2v) is 4.28. The van der Waals surface area contributed by atoms with E-state index in [1.165, 1.54) is 6.07 Å². The van der Waals surface area contributed by atoms with E-state index in [9.17, 15) is 13.2 Å². The van der Waals surface area contributed by atoms with Gasteiger partial charge in [0.1, 0.15) is 6.04 Å². The molecule has 0 aliphatic rings. The van der Waals surface area contributed by atoms with Gasteiger partial charge in [-0.2, -0.15) is 13.2 Å². The Balaban J connectivity index is 2.42. The third kappa shape index (κ3) is 2.94. The molecule has 4 nitrogen and oxygen atoms in total. The predicted molar refractivity (Wildman–Crippen MR) is 67.4 cm³/mol. The van der Waals surface area contributed by atoms with Crippen LogP contribution in [0.3, 0.4) is 0 Å². The molecule has 1 aromatic heterocycles. The number of nitrogens with zero attached hydrogens (tertiary/aromatic N) is 2. The Kier molecular flexibility index (Phi) is 4.01. The average Bonchev–Trinajstić information content (AvgIpc) is 2.41. The smallest absolute Gasteiger partial charge is 0.270 e. The van der Waals surface area contributed by atoms with Crippen LogP contribution in [0.15, 0.2) is 36.7 Å². The Morgan fingerprint density at radius 2 is 1.85 bits per heavy atom. The number of hydrazine groups is 1. The lowest BCUT2D eigenvalue weighted by molar-refractivity contribution is -0.137. The van der Waals surface area contributed by atoms with E-state index in [4.69, 9.17) is 5.84 Å². The fourth-order valence-electron chi connectivity index (χ4n) is 1.94. The fraction of sp³-hybridized carbons (Fsp3) is 0.231. The molecule has 0 saturated heterocycles. The van der Waals surface area contributed by atoms with E-state index in [0.29, 0.717) is 17.0 Å². The van der Waals surface area contributed by atoms with Gasteiger partial charge < -0.3 is 0 Å². The molecule has 20 heavy (non-hydrogen) atoms. The number of aryl methyl sites for hydroxylation is 1. The number of hydrogen-bond donors (Lipinski definition) is 2. The van der Waals surface area contributed by atoms with Gasteiger partial charge in [-0.3, -0.25) is 5.84 Å². The molecule has 0 aliphatic carbocycles. The van der Waals surface area contributed by atoms with Gasteiger partial charge >= 0.3 is 6.18 Å². The molecule has 0 fully saturated rings. The minimum atomic E-state index is -4.36. The maximum atomic E-state index is 12.6. The Morgan fingerprint density at radius 1 is 1.20 bits per heavy atom. The molecule has 0 amide bonds. The van der Waals surface area contributed by atoms with Crippen molar-refractivity contribution in [3.8, 4) is 0 Å². The number of nitrogens with two attached hydrogens (primary N) is 1. The number of hydrogen-bond acceptors (Lipinski definition) is 4. The maximum Gasteiger partial charge on any atom is 0.416 e. The quantitative estimate of drug-likeness (QED) is 0.670. The topological polar surface area (TPSA) is 63.8 Å². The first-order chi connectivity index (χ1) is 9.43. The molecule has 3 N–H and O–H groups in total. The molecule has 0 bridgehead atoms.